The normalized spacial score (nSPS) is 10.6. The van der Waals surface area contributed by atoms with Crippen LogP contribution in [0.2, 0.25) is 10.0 Å². The smallest absolute Gasteiger partial charge is 0.259 e. The third kappa shape index (κ3) is 6.70. The van der Waals surface area contributed by atoms with Crippen molar-refractivity contribution >= 4 is 41.2 Å². The van der Waals surface area contributed by atoms with Crippen LogP contribution in [-0.2, 0) is 9.59 Å². The number of amides is 2. The standard InChI is InChI=1S/C17H14Cl2FN3O3/c18-12-3-6-15(14(19)7-12)26-10-17(25)21-9-16(24)23-22-8-11-1-4-13(20)5-2-11/h1-8H,9-10H2,(H,21,25)(H,23,24)/b22-8-. The molecule has 0 aliphatic heterocycles. The van der Waals surface area contributed by atoms with E-state index in [0.717, 1.165) is 0 Å². The molecule has 0 saturated heterocycles. The lowest BCUT2D eigenvalue weighted by atomic mass is 10.2. The van der Waals surface area contributed by atoms with Crippen molar-refractivity contribution in [2.45, 2.75) is 0 Å². The Bertz CT molecular complexity index is 813. The van der Waals surface area contributed by atoms with Gasteiger partial charge >= 0.3 is 0 Å². The zero-order valence-electron chi connectivity index (χ0n) is 13.3. The van der Waals surface area contributed by atoms with Crippen LogP contribution in [-0.4, -0.2) is 31.2 Å². The van der Waals surface area contributed by atoms with Crippen molar-refractivity contribution in [3.8, 4) is 5.75 Å². The molecule has 0 fully saturated rings. The third-order valence-corrected chi connectivity index (χ3v) is 3.50. The first kappa shape index (κ1) is 19.7. The SMILES string of the molecule is O=C(COc1ccc(Cl)cc1Cl)NCC(=O)N/N=C\c1ccc(F)cc1. The van der Waals surface area contributed by atoms with Gasteiger partial charge in [0.1, 0.15) is 11.6 Å². The summed E-state index contributed by atoms with van der Waals surface area (Å²) in [7, 11) is 0. The molecule has 2 amide bonds. The Kier molecular flexibility index (Phi) is 7.37. The molecule has 2 N–H and O–H groups in total. The Labute approximate surface area is 158 Å². The predicted molar refractivity (Wildman–Crippen MR) is 97.1 cm³/mol. The maximum Gasteiger partial charge on any atom is 0.259 e. The molecule has 0 saturated carbocycles. The molecule has 0 aliphatic rings. The molecule has 0 atom stereocenters. The number of hydrazone groups is 1. The lowest BCUT2D eigenvalue weighted by Gasteiger charge is -2.08. The number of carbonyl (C=O) groups excluding carboxylic acids is 2. The average molecular weight is 398 g/mol. The quantitative estimate of drug-likeness (QED) is 0.556. The molecular weight excluding hydrogens is 384 g/mol. The summed E-state index contributed by atoms with van der Waals surface area (Å²) in [5, 5.41) is 6.80. The van der Waals surface area contributed by atoms with Crippen LogP contribution >= 0.6 is 23.2 Å². The minimum absolute atomic E-state index is 0.276. The summed E-state index contributed by atoms with van der Waals surface area (Å²) in [5.74, 6) is -1.09. The van der Waals surface area contributed by atoms with Gasteiger partial charge < -0.3 is 10.1 Å². The minimum atomic E-state index is -0.527. The van der Waals surface area contributed by atoms with Crippen LogP contribution in [0.4, 0.5) is 4.39 Å². The summed E-state index contributed by atoms with van der Waals surface area (Å²) in [5.41, 5.74) is 2.85. The van der Waals surface area contributed by atoms with Gasteiger partial charge in [-0.15, -0.1) is 0 Å². The second kappa shape index (κ2) is 9.74. The van der Waals surface area contributed by atoms with Gasteiger partial charge in [-0.1, -0.05) is 35.3 Å². The monoisotopic (exact) mass is 397 g/mol. The third-order valence-electron chi connectivity index (χ3n) is 2.97. The molecule has 2 aromatic rings. The molecular formula is C17H14Cl2FN3O3. The second-order valence-corrected chi connectivity index (χ2v) is 5.83. The molecule has 136 valence electrons. The summed E-state index contributed by atoms with van der Waals surface area (Å²) in [6, 6.07) is 10.2. The van der Waals surface area contributed by atoms with Crippen molar-refractivity contribution < 1.29 is 18.7 Å². The van der Waals surface area contributed by atoms with Gasteiger partial charge in [0.2, 0.25) is 0 Å². The number of hydrogen-bond acceptors (Lipinski definition) is 4. The second-order valence-electron chi connectivity index (χ2n) is 4.98. The molecule has 0 aliphatic carbocycles. The number of benzene rings is 2. The molecule has 0 unspecified atom stereocenters. The topological polar surface area (TPSA) is 79.8 Å². The average Bonchev–Trinajstić information content (AvgIpc) is 2.61. The van der Waals surface area contributed by atoms with E-state index >= 15 is 0 Å². The van der Waals surface area contributed by atoms with E-state index in [1.807, 2.05) is 0 Å². The van der Waals surface area contributed by atoms with Crippen LogP contribution in [0.1, 0.15) is 5.56 Å². The summed E-state index contributed by atoms with van der Waals surface area (Å²) < 4.78 is 18.0. The maximum atomic E-state index is 12.7. The number of nitrogens with one attached hydrogen (secondary N) is 2. The van der Waals surface area contributed by atoms with Gasteiger partial charge in [-0.2, -0.15) is 5.10 Å². The molecule has 26 heavy (non-hydrogen) atoms. The van der Waals surface area contributed by atoms with E-state index in [1.165, 1.54) is 42.6 Å². The zero-order valence-corrected chi connectivity index (χ0v) is 14.9. The van der Waals surface area contributed by atoms with Crippen LogP contribution in [0.5, 0.6) is 5.75 Å². The van der Waals surface area contributed by atoms with Gasteiger partial charge in [0.25, 0.3) is 11.8 Å². The molecule has 2 aromatic carbocycles. The van der Waals surface area contributed by atoms with Crippen molar-refractivity contribution in [3.05, 3.63) is 63.9 Å². The summed E-state index contributed by atoms with van der Waals surface area (Å²) in [4.78, 5) is 23.2. The van der Waals surface area contributed by atoms with Crippen LogP contribution in [0.3, 0.4) is 0 Å². The first-order valence-electron chi connectivity index (χ1n) is 7.36. The highest BCUT2D eigenvalue weighted by Gasteiger charge is 2.08. The van der Waals surface area contributed by atoms with E-state index in [1.54, 1.807) is 6.07 Å². The molecule has 6 nitrogen and oxygen atoms in total. The van der Waals surface area contributed by atoms with Gasteiger partial charge in [-0.3, -0.25) is 9.59 Å². The lowest BCUT2D eigenvalue weighted by Crippen LogP contribution is -2.37. The van der Waals surface area contributed by atoms with Gasteiger partial charge in [0.15, 0.2) is 6.61 Å². The number of nitrogens with zero attached hydrogens (tertiary/aromatic N) is 1. The zero-order chi connectivity index (χ0) is 18.9. The van der Waals surface area contributed by atoms with E-state index in [-0.39, 0.29) is 24.0 Å². The van der Waals surface area contributed by atoms with Gasteiger partial charge in [0, 0.05) is 5.02 Å². The summed E-state index contributed by atoms with van der Waals surface area (Å²) in [6.07, 6.45) is 1.35. The first-order valence-corrected chi connectivity index (χ1v) is 8.11. The van der Waals surface area contributed by atoms with Crippen molar-refractivity contribution in [3.63, 3.8) is 0 Å². The van der Waals surface area contributed by atoms with Crippen LogP contribution in [0, 0.1) is 5.82 Å². The number of halogens is 3. The maximum absolute atomic E-state index is 12.7. The van der Waals surface area contributed by atoms with Crippen LogP contribution < -0.4 is 15.5 Å². The largest absolute Gasteiger partial charge is 0.482 e. The van der Waals surface area contributed by atoms with Crippen molar-refractivity contribution in [1.82, 2.24) is 10.7 Å². The Morgan fingerprint density at radius 2 is 1.85 bits per heavy atom. The number of rotatable bonds is 7. The molecule has 9 heteroatoms. The number of hydrogen-bond donors (Lipinski definition) is 2. The van der Waals surface area contributed by atoms with Crippen LogP contribution in [0.25, 0.3) is 0 Å². The van der Waals surface area contributed by atoms with E-state index < -0.39 is 11.8 Å². The summed E-state index contributed by atoms with van der Waals surface area (Å²) in [6.45, 7) is -0.592. The molecule has 0 spiro atoms. The van der Waals surface area contributed by atoms with E-state index in [4.69, 9.17) is 27.9 Å². The molecule has 0 bridgehead atoms. The Morgan fingerprint density at radius 1 is 1.12 bits per heavy atom. The molecule has 0 heterocycles. The highest BCUT2D eigenvalue weighted by Crippen LogP contribution is 2.27. The van der Waals surface area contributed by atoms with Crippen molar-refractivity contribution in [2.75, 3.05) is 13.2 Å². The predicted octanol–water partition coefficient (Wildman–Crippen LogP) is 2.78. The molecule has 0 radical (unpaired) electrons. The fraction of sp³-hybridized carbons (Fsp3) is 0.118. The number of ether oxygens (including phenoxy) is 1. The molecule has 0 aromatic heterocycles. The first-order chi connectivity index (χ1) is 12.4. The minimum Gasteiger partial charge on any atom is -0.482 e. The van der Waals surface area contributed by atoms with Crippen LogP contribution in [0.15, 0.2) is 47.6 Å². The number of carbonyl (C=O) groups is 2. The Morgan fingerprint density at radius 3 is 2.54 bits per heavy atom. The molecule has 2 rings (SSSR count). The Hall–Kier alpha value is -2.64. The van der Waals surface area contributed by atoms with Crippen molar-refractivity contribution in [2.24, 2.45) is 5.10 Å². The Balaban J connectivity index is 1.69. The highest BCUT2D eigenvalue weighted by atomic mass is 35.5. The summed E-state index contributed by atoms with van der Waals surface area (Å²) >= 11 is 11.7. The van der Waals surface area contributed by atoms with Gasteiger partial charge in [-0.25, -0.2) is 9.82 Å². The van der Waals surface area contributed by atoms with E-state index in [0.29, 0.717) is 16.3 Å². The van der Waals surface area contributed by atoms with Gasteiger partial charge in [-0.05, 0) is 35.9 Å². The van der Waals surface area contributed by atoms with Gasteiger partial charge in [0.05, 0.1) is 17.8 Å². The lowest BCUT2D eigenvalue weighted by molar-refractivity contribution is -0.127. The fourth-order valence-corrected chi connectivity index (χ4v) is 2.20. The van der Waals surface area contributed by atoms with E-state index in [9.17, 15) is 14.0 Å². The van der Waals surface area contributed by atoms with E-state index in [2.05, 4.69) is 15.8 Å². The fourth-order valence-electron chi connectivity index (χ4n) is 1.73. The highest BCUT2D eigenvalue weighted by molar-refractivity contribution is 6.35. The van der Waals surface area contributed by atoms with Crippen molar-refractivity contribution in [1.29, 1.82) is 0 Å².